The topological polar surface area (TPSA) is 68.3 Å². The number of nitrogens with zero attached hydrogens (tertiary/aromatic N) is 1. The van der Waals surface area contributed by atoms with Crippen molar-refractivity contribution in [2.24, 2.45) is 0 Å². The van der Waals surface area contributed by atoms with E-state index < -0.39 is 5.97 Å². The maximum atomic E-state index is 12.4. The van der Waals surface area contributed by atoms with Gasteiger partial charge in [-0.1, -0.05) is 24.3 Å². The van der Waals surface area contributed by atoms with Crippen molar-refractivity contribution in [3.63, 3.8) is 0 Å². The first kappa shape index (κ1) is 17.6. The predicted octanol–water partition coefficient (Wildman–Crippen LogP) is 3.96. The third kappa shape index (κ3) is 3.88. The zero-order chi connectivity index (χ0) is 18.7. The molecule has 0 radical (unpaired) electrons. The van der Waals surface area contributed by atoms with Gasteiger partial charge >= 0.3 is 5.97 Å². The van der Waals surface area contributed by atoms with E-state index in [0.29, 0.717) is 16.6 Å². The standard InChI is InChI=1S/C21H20N2O3/c1-13-8-9-16(10-14(13)2)23-20(24)12-26-21(25)18-11-15(3)22-19-7-5-4-6-17(18)19/h4-11H,12H2,1-3H3,(H,23,24). The molecule has 1 amide bonds. The van der Waals surface area contributed by atoms with Crippen LogP contribution in [-0.2, 0) is 9.53 Å². The average molecular weight is 348 g/mol. The lowest BCUT2D eigenvalue weighted by Gasteiger charge is -2.10. The Bertz CT molecular complexity index is 996. The Balaban J connectivity index is 1.69. The normalized spacial score (nSPS) is 10.6. The number of hydrogen-bond donors (Lipinski definition) is 1. The molecular weight excluding hydrogens is 328 g/mol. The first-order chi connectivity index (χ1) is 12.4. The summed E-state index contributed by atoms with van der Waals surface area (Å²) in [6, 6.07) is 14.7. The number of hydrogen-bond acceptors (Lipinski definition) is 4. The molecule has 3 aromatic rings. The quantitative estimate of drug-likeness (QED) is 0.725. The number of rotatable bonds is 4. The van der Waals surface area contributed by atoms with Gasteiger partial charge in [-0.05, 0) is 56.2 Å². The van der Waals surface area contributed by atoms with E-state index in [1.807, 2.05) is 63.2 Å². The molecule has 0 atom stereocenters. The van der Waals surface area contributed by atoms with Crippen molar-refractivity contribution in [1.82, 2.24) is 4.98 Å². The van der Waals surface area contributed by atoms with Crippen molar-refractivity contribution in [3.8, 4) is 0 Å². The van der Waals surface area contributed by atoms with E-state index in [-0.39, 0.29) is 12.5 Å². The van der Waals surface area contributed by atoms with Crippen LogP contribution in [0.1, 0.15) is 27.2 Å². The van der Waals surface area contributed by atoms with E-state index in [9.17, 15) is 9.59 Å². The molecule has 0 fully saturated rings. The van der Waals surface area contributed by atoms with Gasteiger partial charge in [0.1, 0.15) is 0 Å². The summed E-state index contributed by atoms with van der Waals surface area (Å²) in [5.74, 6) is -0.918. The van der Waals surface area contributed by atoms with Gasteiger partial charge in [0.15, 0.2) is 6.61 Å². The number of amides is 1. The van der Waals surface area contributed by atoms with Crippen LogP contribution < -0.4 is 5.32 Å². The number of fused-ring (bicyclic) bond motifs is 1. The van der Waals surface area contributed by atoms with Crippen LogP contribution in [0.4, 0.5) is 5.69 Å². The minimum Gasteiger partial charge on any atom is -0.452 e. The molecule has 1 heterocycles. The first-order valence-electron chi connectivity index (χ1n) is 8.34. The fraction of sp³-hybridized carbons (Fsp3) is 0.190. The third-order valence-corrected chi connectivity index (χ3v) is 4.19. The van der Waals surface area contributed by atoms with Gasteiger partial charge in [0.2, 0.25) is 0 Å². The molecule has 5 nitrogen and oxygen atoms in total. The smallest absolute Gasteiger partial charge is 0.339 e. The fourth-order valence-electron chi connectivity index (χ4n) is 2.70. The summed E-state index contributed by atoms with van der Waals surface area (Å²) in [5.41, 5.74) is 4.76. The molecular formula is C21H20N2O3. The van der Waals surface area contributed by atoms with Gasteiger partial charge < -0.3 is 10.1 Å². The predicted molar refractivity (Wildman–Crippen MR) is 101 cm³/mol. The molecule has 0 aliphatic heterocycles. The van der Waals surface area contributed by atoms with E-state index in [1.54, 1.807) is 6.07 Å². The summed E-state index contributed by atoms with van der Waals surface area (Å²) in [6.07, 6.45) is 0. The molecule has 0 aliphatic carbocycles. The van der Waals surface area contributed by atoms with Crippen LogP contribution in [0.15, 0.2) is 48.5 Å². The second-order valence-electron chi connectivity index (χ2n) is 6.25. The number of nitrogens with one attached hydrogen (secondary N) is 1. The van der Waals surface area contributed by atoms with E-state index in [0.717, 1.165) is 22.3 Å². The number of para-hydroxylation sites is 1. The van der Waals surface area contributed by atoms with Crippen molar-refractivity contribution >= 4 is 28.5 Å². The van der Waals surface area contributed by atoms with Crippen LogP contribution in [0.25, 0.3) is 10.9 Å². The molecule has 0 unspecified atom stereocenters. The zero-order valence-electron chi connectivity index (χ0n) is 15.0. The summed E-state index contributed by atoms with van der Waals surface area (Å²) in [6.45, 7) is 5.45. The highest BCUT2D eigenvalue weighted by atomic mass is 16.5. The van der Waals surface area contributed by atoms with Gasteiger partial charge in [-0.15, -0.1) is 0 Å². The van der Waals surface area contributed by atoms with Crippen molar-refractivity contribution in [2.45, 2.75) is 20.8 Å². The molecule has 26 heavy (non-hydrogen) atoms. The summed E-state index contributed by atoms with van der Waals surface area (Å²) >= 11 is 0. The Morgan fingerprint density at radius 1 is 1.00 bits per heavy atom. The molecule has 1 N–H and O–H groups in total. The number of benzene rings is 2. The second-order valence-corrected chi connectivity index (χ2v) is 6.25. The molecule has 132 valence electrons. The summed E-state index contributed by atoms with van der Waals surface area (Å²) in [4.78, 5) is 28.9. The van der Waals surface area contributed by atoms with Crippen LogP contribution in [0.3, 0.4) is 0 Å². The Hall–Kier alpha value is -3.21. The van der Waals surface area contributed by atoms with Crippen LogP contribution in [0, 0.1) is 20.8 Å². The summed E-state index contributed by atoms with van der Waals surface area (Å²) in [5, 5.41) is 3.44. The number of carbonyl (C=O) groups is 2. The van der Waals surface area contributed by atoms with Gasteiger partial charge in [-0.25, -0.2) is 4.79 Å². The van der Waals surface area contributed by atoms with E-state index in [2.05, 4.69) is 10.3 Å². The second kappa shape index (κ2) is 7.35. The summed E-state index contributed by atoms with van der Waals surface area (Å²) < 4.78 is 5.20. The lowest BCUT2D eigenvalue weighted by Crippen LogP contribution is -2.21. The number of ether oxygens (including phenoxy) is 1. The van der Waals surface area contributed by atoms with E-state index in [4.69, 9.17) is 4.74 Å². The van der Waals surface area contributed by atoms with Gasteiger partial charge in [-0.3, -0.25) is 9.78 Å². The number of carbonyl (C=O) groups excluding carboxylic acids is 2. The fourth-order valence-corrected chi connectivity index (χ4v) is 2.70. The van der Waals surface area contributed by atoms with Crippen molar-refractivity contribution in [1.29, 1.82) is 0 Å². The lowest BCUT2D eigenvalue weighted by atomic mass is 10.1. The highest BCUT2D eigenvalue weighted by molar-refractivity contribution is 6.04. The number of aryl methyl sites for hydroxylation is 3. The lowest BCUT2D eigenvalue weighted by molar-refractivity contribution is -0.119. The number of aromatic nitrogens is 1. The number of anilines is 1. The van der Waals surface area contributed by atoms with E-state index in [1.165, 1.54) is 0 Å². The van der Waals surface area contributed by atoms with Gasteiger partial charge in [0.25, 0.3) is 5.91 Å². The van der Waals surface area contributed by atoms with Gasteiger partial charge in [-0.2, -0.15) is 0 Å². The molecule has 0 saturated heterocycles. The molecule has 0 aliphatic rings. The van der Waals surface area contributed by atoms with Gasteiger partial charge in [0.05, 0.1) is 11.1 Å². The van der Waals surface area contributed by atoms with Gasteiger partial charge in [0, 0.05) is 16.8 Å². The zero-order valence-corrected chi connectivity index (χ0v) is 15.0. The largest absolute Gasteiger partial charge is 0.452 e. The highest BCUT2D eigenvalue weighted by Crippen LogP contribution is 2.19. The highest BCUT2D eigenvalue weighted by Gasteiger charge is 2.15. The molecule has 0 bridgehead atoms. The van der Waals surface area contributed by atoms with Crippen LogP contribution in [-0.4, -0.2) is 23.5 Å². The Labute approximate surface area is 152 Å². The SMILES string of the molecule is Cc1cc(C(=O)OCC(=O)Nc2ccc(C)c(C)c2)c2ccccc2n1. The molecule has 0 saturated carbocycles. The Kier molecular flexibility index (Phi) is 4.98. The Morgan fingerprint density at radius 2 is 1.77 bits per heavy atom. The number of pyridine rings is 1. The van der Waals surface area contributed by atoms with Crippen LogP contribution in [0.2, 0.25) is 0 Å². The van der Waals surface area contributed by atoms with Crippen LogP contribution >= 0.6 is 0 Å². The number of esters is 1. The summed E-state index contributed by atoms with van der Waals surface area (Å²) in [7, 11) is 0. The molecule has 5 heteroatoms. The molecule has 0 spiro atoms. The maximum absolute atomic E-state index is 12.4. The minimum absolute atomic E-state index is 0.346. The monoisotopic (exact) mass is 348 g/mol. The average Bonchev–Trinajstić information content (AvgIpc) is 2.62. The molecule has 1 aromatic heterocycles. The minimum atomic E-state index is -0.540. The third-order valence-electron chi connectivity index (χ3n) is 4.19. The first-order valence-corrected chi connectivity index (χ1v) is 8.34. The van der Waals surface area contributed by atoms with Crippen molar-refractivity contribution in [2.75, 3.05) is 11.9 Å². The van der Waals surface area contributed by atoms with Crippen molar-refractivity contribution < 1.29 is 14.3 Å². The van der Waals surface area contributed by atoms with Crippen molar-refractivity contribution in [3.05, 3.63) is 70.9 Å². The Morgan fingerprint density at radius 3 is 2.54 bits per heavy atom. The molecule has 3 rings (SSSR count). The van der Waals surface area contributed by atoms with E-state index >= 15 is 0 Å². The maximum Gasteiger partial charge on any atom is 0.339 e. The molecule has 2 aromatic carbocycles. The van der Waals surface area contributed by atoms with Crippen LogP contribution in [0.5, 0.6) is 0 Å².